The zero-order valence-electron chi connectivity index (χ0n) is 6.24. The van der Waals surface area contributed by atoms with Crippen LogP contribution >= 0.6 is 0 Å². The first kappa shape index (κ1) is 46.3. The average Bonchev–Trinajstić information content (AvgIpc) is 0.722. The summed E-state index contributed by atoms with van der Waals surface area (Å²) < 4.78 is 0. The molecule has 0 atom stereocenters. The summed E-state index contributed by atoms with van der Waals surface area (Å²) in [6.45, 7) is 0. The van der Waals surface area contributed by atoms with Crippen molar-refractivity contribution in [3.8, 4) is 0 Å². The molecule has 0 spiro atoms. The van der Waals surface area contributed by atoms with Crippen molar-refractivity contribution in [2.45, 2.75) is 0 Å². The van der Waals surface area contributed by atoms with E-state index >= 15 is 0 Å². The van der Waals surface area contributed by atoms with Gasteiger partial charge in [0.1, 0.15) is 9.05 Å². The summed E-state index contributed by atoms with van der Waals surface area (Å²) in [6.07, 6.45) is 0. The van der Waals surface area contributed by atoms with Crippen LogP contribution in [0.1, 0.15) is 0 Å². The summed E-state index contributed by atoms with van der Waals surface area (Å²) in [6, 6.07) is 0. The third-order valence-electron chi connectivity index (χ3n) is 0. The third kappa shape index (κ3) is 133. The van der Waals surface area contributed by atoms with Crippen molar-refractivity contribution in [3.63, 3.8) is 0 Å². The Morgan fingerprint density at radius 3 is 1.09 bits per heavy atom. The summed E-state index contributed by atoms with van der Waals surface area (Å²) in [7, 11) is -5.11. The van der Waals surface area contributed by atoms with Gasteiger partial charge in [0.25, 0.3) is 0 Å². The van der Waals surface area contributed by atoms with Crippen molar-refractivity contribution in [2.24, 2.45) is 0 Å². The van der Waals surface area contributed by atoms with E-state index < -0.39 is 9.05 Å². The second kappa shape index (κ2) is 23.5. The largest absolute Gasteiger partial charge is 2.00 e. The quantitative estimate of drug-likeness (QED) is 0.409. The van der Waals surface area contributed by atoms with Crippen molar-refractivity contribution < 1.29 is 116 Å². The Morgan fingerprint density at radius 1 is 1.09 bits per heavy atom. The van der Waals surface area contributed by atoms with Gasteiger partial charge >= 0.3 is 119 Å². The number of hydrogen-bond donors (Lipinski definition) is 2. The van der Waals surface area contributed by atoms with Crippen LogP contribution < -0.4 is 95.2 Å². The van der Waals surface area contributed by atoms with Gasteiger partial charge in [0.15, 0.2) is 0 Å². The van der Waals surface area contributed by atoms with Crippen LogP contribution in [0.5, 0.6) is 0 Å². The van der Waals surface area contributed by atoms with Crippen LogP contribution in [0.3, 0.4) is 0 Å². The standard InChI is InChI=1S/Ca.FH.K.Na.H2O4Si.2H2O/c;;;;1-5(2,3)4;;/h;1H;;;1-2H;2*1H2/q+2;;2*+1;-2;;/p-2. The molecule has 5 N–H and O–H groups in total. The van der Waals surface area contributed by atoms with Crippen molar-refractivity contribution >= 4 is 46.8 Å². The molecule has 0 aliphatic rings. The maximum Gasteiger partial charge on any atom is 2.00 e. The molecule has 0 saturated carbocycles. The smallest absolute Gasteiger partial charge is 1.00 e. The predicted octanol–water partition coefficient (Wildman–Crippen LogP) is -14.2. The van der Waals surface area contributed by atoms with Crippen LogP contribution in [0.4, 0.5) is 0 Å². The molecule has 11 heavy (non-hydrogen) atoms. The first-order valence-corrected chi connectivity index (χ1v) is 2.57. The van der Waals surface area contributed by atoms with Gasteiger partial charge in [0, 0.05) is 0 Å². The van der Waals surface area contributed by atoms with E-state index in [1.807, 2.05) is 0 Å². The first-order chi connectivity index (χ1) is 2.00. The first-order valence-electron chi connectivity index (χ1n) is 0.855. The molecule has 0 radical (unpaired) electrons. The molecule has 0 rings (SSSR count). The second-order valence-corrected chi connectivity index (χ2v) is 1.65. The molecule has 0 amide bonds. The average molecular weight is 250 g/mol. The fraction of sp³-hybridized carbons (Fsp3) is 0. The van der Waals surface area contributed by atoms with E-state index in [1.54, 1.807) is 0 Å². The molecule has 11 heteroatoms. The number of rotatable bonds is 0. The molecule has 0 heterocycles. The van der Waals surface area contributed by atoms with Gasteiger partial charge in [-0.05, 0) is 0 Å². The van der Waals surface area contributed by atoms with Crippen molar-refractivity contribution in [1.29, 1.82) is 0 Å². The molecular weight excluding hydrogens is 245 g/mol. The fourth-order valence-electron chi connectivity index (χ4n) is 0. The molecule has 0 aromatic heterocycles. The van der Waals surface area contributed by atoms with Crippen molar-refractivity contribution in [2.75, 3.05) is 0 Å². The minimum Gasteiger partial charge on any atom is -1.00 e. The molecule has 0 unspecified atom stereocenters. The van der Waals surface area contributed by atoms with E-state index in [-0.39, 0.29) is 134 Å². The van der Waals surface area contributed by atoms with E-state index in [0.717, 1.165) is 0 Å². The Bertz CT molecular complexity index is 38.1. The van der Waals surface area contributed by atoms with Crippen LogP contribution in [0.15, 0.2) is 0 Å². The predicted molar refractivity (Wildman–Crippen MR) is 21.5 cm³/mol. The molecule has 0 aromatic carbocycles. The Morgan fingerprint density at radius 2 is 1.09 bits per heavy atom. The van der Waals surface area contributed by atoms with Gasteiger partial charge in [0.05, 0.1) is 0 Å². The Hall–Kier alpha value is 3.80. The van der Waals surface area contributed by atoms with E-state index in [2.05, 4.69) is 0 Å². The summed E-state index contributed by atoms with van der Waals surface area (Å²) in [5, 5.41) is 0. The molecule has 0 aromatic rings. The summed E-state index contributed by atoms with van der Waals surface area (Å²) in [5.41, 5.74) is 0. The van der Waals surface area contributed by atoms with Gasteiger partial charge < -0.3 is 34.8 Å². The molecule has 0 saturated heterocycles. The third-order valence-corrected chi connectivity index (χ3v) is 0. The van der Waals surface area contributed by atoms with Crippen LogP contribution in [-0.2, 0) is 0 Å². The van der Waals surface area contributed by atoms with Crippen LogP contribution in [0.2, 0.25) is 0 Å². The van der Waals surface area contributed by atoms with Gasteiger partial charge in [-0.3, -0.25) is 0 Å². The maximum atomic E-state index is 8.80. The Balaban J connectivity index is -0.00000000533. The normalized spacial score (nSPS) is 5.45. The monoisotopic (exact) mass is 250 g/mol. The summed E-state index contributed by atoms with van der Waals surface area (Å²) >= 11 is 0. The van der Waals surface area contributed by atoms with Gasteiger partial charge in [-0.15, -0.1) is 0 Å². The zero-order valence-corrected chi connectivity index (χ0v) is 14.6. The molecular formula is H5CaFKNaO6Si. The second-order valence-electron chi connectivity index (χ2n) is 0.548. The molecule has 0 bridgehead atoms. The fourth-order valence-corrected chi connectivity index (χ4v) is 0. The SMILES string of the molecule is O.[Ca+2].[F-].[K+].[Na+].[O-][Si]([O-])(O)O.[OH-]. The Kier molecular flexibility index (Phi) is 99.1. The van der Waals surface area contributed by atoms with Gasteiger partial charge in [-0.1, -0.05) is 0 Å². The van der Waals surface area contributed by atoms with E-state index in [0.29, 0.717) is 0 Å². The number of halogens is 1. The van der Waals surface area contributed by atoms with E-state index in [9.17, 15) is 0 Å². The van der Waals surface area contributed by atoms with Crippen LogP contribution in [0, 0.1) is 0 Å². The molecule has 0 aliphatic carbocycles. The van der Waals surface area contributed by atoms with Crippen molar-refractivity contribution in [3.05, 3.63) is 0 Å². The molecule has 6 nitrogen and oxygen atoms in total. The molecule has 56 valence electrons. The van der Waals surface area contributed by atoms with Crippen LogP contribution in [0.25, 0.3) is 0 Å². The maximum absolute atomic E-state index is 8.80. The summed E-state index contributed by atoms with van der Waals surface area (Å²) in [5.74, 6) is 0. The Labute approximate surface area is 159 Å². The van der Waals surface area contributed by atoms with Crippen LogP contribution in [-0.4, -0.2) is 67.3 Å². The summed E-state index contributed by atoms with van der Waals surface area (Å²) in [4.78, 5) is 31.8. The molecule has 0 fully saturated rings. The van der Waals surface area contributed by atoms with Gasteiger partial charge in [-0.25, -0.2) is 0 Å². The van der Waals surface area contributed by atoms with E-state index in [4.69, 9.17) is 19.2 Å². The van der Waals surface area contributed by atoms with Crippen molar-refractivity contribution in [1.82, 2.24) is 0 Å². The minimum atomic E-state index is -5.11. The van der Waals surface area contributed by atoms with Gasteiger partial charge in [-0.2, -0.15) is 0 Å². The number of hydrogen-bond acceptors (Lipinski definition) is 5. The zero-order chi connectivity index (χ0) is 4.50. The van der Waals surface area contributed by atoms with Gasteiger partial charge in [0.2, 0.25) is 0 Å². The molecule has 0 aliphatic heterocycles. The minimum absolute atomic E-state index is 0. The van der Waals surface area contributed by atoms with E-state index in [1.165, 1.54) is 0 Å². The topological polar surface area (TPSA) is 148 Å².